The monoisotopic (exact) mass is 338 g/mol. The summed E-state index contributed by atoms with van der Waals surface area (Å²) in [5.41, 5.74) is 0.113. The Labute approximate surface area is 141 Å². The van der Waals surface area contributed by atoms with E-state index in [0.717, 1.165) is 18.2 Å². The quantitative estimate of drug-likeness (QED) is 0.897. The van der Waals surface area contributed by atoms with Crippen LogP contribution in [-0.2, 0) is 16.1 Å². The molecule has 0 aliphatic carbocycles. The van der Waals surface area contributed by atoms with E-state index in [4.69, 9.17) is 0 Å². The van der Waals surface area contributed by atoms with Crippen LogP contribution in [0.15, 0.2) is 18.2 Å². The Morgan fingerprint density at radius 1 is 1.38 bits per heavy atom. The fourth-order valence-electron chi connectivity index (χ4n) is 3.11. The van der Waals surface area contributed by atoms with E-state index in [0.29, 0.717) is 25.3 Å². The Morgan fingerprint density at radius 3 is 2.75 bits per heavy atom. The second-order valence-electron chi connectivity index (χ2n) is 6.78. The molecule has 24 heavy (non-hydrogen) atoms. The van der Waals surface area contributed by atoms with Crippen molar-refractivity contribution in [2.45, 2.75) is 46.2 Å². The van der Waals surface area contributed by atoms with Crippen LogP contribution in [0.5, 0.6) is 0 Å². The molecule has 1 saturated heterocycles. The van der Waals surface area contributed by atoms with Crippen molar-refractivity contribution >= 4 is 11.8 Å². The van der Waals surface area contributed by atoms with Crippen LogP contribution in [0, 0.1) is 23.5 Å². The number of nitrogens with zero attached hydrogens (tertiary/aromatic N) is 1. The van der Waals surface area contributed by atoms with Gasteiger partial charge in [0.25, 0.3) is 0 Å². The summed E-state index contributed by atoms with van der Waals surface area (Å²) in [5, 5.41) is 2.67. The number of nitrogens with one attached hydrogen (secondary N) is 1. The highest BCUT2D eigenvalue weighted by Gasteiger charge is 2.36. The summed E-state index contributed by atoms with van der Waals surface area (Å²) in [4.78, 5) is 26.3. The van der Waals surface area contributed by atoms with E-state index in [1.165, 1.54) is 0 Å². The number of hydrogen-bond donors (Lipinski definition) is 1. The standard InChI is InChI=1S/C18H24F2N2O2/c1-11(2)10-22-12(3)15(5-7-17(22)23)18(24)21-9-13-8-14(19)4-6-16(13)20/h4,6,8,11-12,15H,5,7,9-10H2,1-3H3,(H,21,24)/t12-,15-/m1/s1. The van der Waals surface area contributed by atoms with E-state index >= 15 is 0 Å². The Morgan fingerprint density at radius 2 is 2.08 bits per heavy atom. The van der Waals surface area contributed by atoms with Gasteiger partial charge < -0.3 is 10.2 Å². The number of rotatable bonds is 5. The maximum absolute atomic E-state index is 13.6. The van der Waals surface area contributed by atoms with Crippen molar-refractivity contribution < 1.29 is 18.4 Å². The van der Waals surface area contributed by atoms with Gasteiger partial charge in [0.1, 0.15) is 11.6 Å². The zero-order chi connectivity index (χ0) is 17.9. The molecule has 1 aliphatic rings. The number of halogens is 2. The van der Waals surface area contributed by atoms with Gasteiger partial charge in [-0.1, -0.05) is 13.8 Å². The molecule has 1 aliphatic heterocycles. The van der Waals surface area contributed by atoms with Crippen LogP contribution < -0.4 is 5.32 Å². The maximum atomic E-state index is 13.6. The van der Waals surface area contributed by atoms with Crippen LogP contribution in [0.4, 0.5) is 8.78 Å². The molecule has 0 radical (unpaired) electrons. The molecule has 2 amide bonds. The summed E-state index contributed by atoms with van der Waals surface area (Å²) in [6.07, 6.45) is 0.815. The molecule has 1 aromatic carbocycles. The van der Waals surface area contributed by atoms with E-state index in [1.807, 2.05) is 20.8 Å². The molecule has 2 atom stereocenters. The van der Waals surface area contributed by atoms with Gasteiger partial charge in [-0.2, -0.15) is 0 Å². The zero-order valence-corrected chi connectivity index (χ0v) is 14.3. The number of piperidine rings is 1. The van der Waals surface area contributed by atoms with Crippen LogP contribution in [-0.4, -0.2) is 29.3 Å². The van der Waals surface area contributed by atoms with Crippen molar-refractivity contribution in [2.24, 2.45) is 11.8 Å². The lowest BCUT2D eigenvalue weighted by Crippen LogP contribution is -2.52. The molecule has 1 aromatic rings. The number of benzene rings is 1. The minimum absolute atomic E-state index is 0.0657. The summed E-state index contributed by atoms with van der Waals surface area (Å²) < 4.78 is 26.8. The Bertz CT molecular complexity index is 619. The van der Waals surface area contributed by atoms with Gasteiger partial charge in [-0.25, -0.2) is 8.78 Å². The summed E-state index contributed by atoms with van der Waals surface area (Å²) in [5.74, 6) is -1.27. The Kier molecular flexibility index (Phi) is 5.91. The topological polar surface area (TPSA) is 49.4 Å². The SMILES string of the molecule is CC(C)CN1C(=O)CC[C@@H](C(=O)NCc2cc(F)ccc2F)[C@H]1C. The van der Waals surface area contributed by atoms with E-state index in [-0.39, 0.29) is 35.9 Å². The summed E-state index contributed by atoms with van der Waals surface area (Å²) in [6.45, 7) is 6.46. The summed E-state index contributed by atoms with van der Waals surface area (Å²) in [6, 6.07) is 2.96. The molecule has 0 bridgehead atoms. The zero-order valence-electron chi connectivity index (χ0n) is 14.3. The molecule has 6 heteroatoms. The first-order valence-electron chi connectivity index (χ1n) is 8.30. The predicted octanol–water partition coefficient (Wildman–Crippen LogP) is 2.86. The normalized spacial score (nSPS) is 21.2. The van der Waals surface area contributed by atoms with Crippen molar-refractivity contribution in [2.75, 3.05) is 6.54 Å². The lowest BCUT2D eigenvalue weighted by molar-refractivity contribution is -0.143. The molecular weight excluding hydrogens is 314 g/mol. The van der Waals surface area contributed by atoms with Crippen LogP contribution in [0.2, 0.25) is 0 Å². The highest BCUT2D eigenvalue weighted by atomic mass is 19.1. The van der Waals surface area contributed by atoms with Crippen molar-refractivity contribution in [1.82, 2.24) is 10.2 Å². The summed E-state index contributed by atoms with van der Waals surface area (Å²) in [7, 11) is 0. The molecule has 132 valence electrons. The fraction of sp³-hybridized carbons (Fsp3) is 0.556. The van der Waals surface area contributed by atoms with E-state index < -0.39 is 11.6 Å². The van der Waals surface area contributed by atoms with Gasteiger partial charge >= 0.3 is 0 Å². The second kappa shape index (κ2) is 7.73. The molecule has 0 saturated carbocycles. The molecular formula is C18H24F2N2O2. The van der Waals surface area contributed by atoms with Gasteiger partial charge in [-0.15, -0.1) is 0 Å². The van der Waals surface area contributed by atoms with Gasteiger partial charge in [0, 0.05) is 31.1 Å². The van der Waals surface area contributed by atoms with Crippen LogP contribution in [0.25, 0.3) is 0 Å². The number of hydrogen-bond acceptors (Lipinski definition) is 2. The predicted molar refractivity (Wildman–Crippen MR) is 86.9 cm³/mol. The first kappa shape index (κ1) is 18.4. The Balaban J connectivity index is 2.01. The van der Waals surface area contributed by atoms with Crippen LogP contribution in [0.3, 0.4) is 0 Å². The van der Waals surface area contributed by atoms with Gasteiger partial charge in [0.15, 0.2) is 0 Å². The molecule has 1 N–H and O–H groups in total. The van der Waals surface area contributed by atoms with Crippen molar-refractivity contribution in [3.05, 3.63) is 35.4 Å². The van der Waals surface area contributed by atoms with Gasteiger partial charge in [-0.05, 0) is 37.5 Å². The highest BCUT2D eigenvalue weighted by molar-refractivity contribution is 5.84. The third kappa shape index (κ3) is 4.30. The van der Waals surface area contributed by atoms with E-state index in [1.54, 1.807) is 4.90 Å². The van der Waals surface area contributed by atoms with Crippen molar-refractivity contribution in [1.29, 1.82) is 0 Å². The molecule has 0 unspecified atom stereocenters. The minimum Gasteiger partial charge on any atom is -0.352 e. The van der Waals surface area contributed by atoms with E-state index in [9.17, 15) is 18.4 Å². The van der Waals surface area contributed by atoms with Gasteiger partial charge in [0.05, 0.1) is 5.92 Å². The van der Waals surface area contributed by atoms with Crippen molar-refractivity contribution in [3.63, 3.8) is 0 Å². The molecule has 0 aromatic heterocycles. The number of likely N-dealkylation sites (tertiary alicyclic amines) is 1. The molecule has 2 rings (SSSR count). The maximum Gasteiger partial charge on any atom is 0.225 e. The molecule has 1 fully saturated rings. The van der Waals surface area contributed by atoms with Crippen LogP contribution in [0.1, 0.15) is 39.2 Å². The third-order valence-electron chi connectivity index (χ3n) is 4.42. The van der Waals surface area contributed by atoms with E-state index in [2.05, 4.69) is 5.32 Å². The van der Waals surface area contributed by atoms with Crippen molar-refractivity contribution in [3.8, 4) is 0 Å². The third-order valence-corrected chi connectivity index (χ3v) is 4.42. The molecule has 4 nitrogen and oxygen atoms in total. The average Bonchev–Trinajstić information content (AvgIpc) is 2.52. The number of amides is 2. The molecule has 0 spiro atoms. The van der Waals surface area contributed by atoms with Gasteiger partial charge in [0.2, 0.25) is 11.8 Å². The molecule has 1 heterocycles. The first-order valence-corrected chi connectivity index (χ1v) is 8.30. The van der Waals surface area contributed by atoms with Gasteiger partial charge in [-0.3, -0.25) is 9.59 Å². The lowest BCUT2D eigenvalue weighted by Gasteiger charge is -2.39. The fourth-order valence-corrected chi connectivity index (χ4v) is 3.11. The Hall–Kier alpha value is -1.98. The summed E-state index contributed by atoms with van der Waals surface area (Å²) >= 11 is 0. The minimum atomic E-state index is -0.551. The smallest absolute Gasteiger partial charge is 0.225 e. The largest absolute Gasteiger partial charge is 0.352 e. The number of carbonyl (C=O) groups excluding carboxylic acids is 2. The lowest BCUT2D eigenvalue weighted by atomic mass is 9.88. The first-order chi connectivity index (χ1) is 11.3. The second-order valence-corrected chi connectivity index (χ2v) is 6.78. The average molecular weight is 338 g/mol. The van der Waals surface area contributed by atoms with Crippen LogP contribution >= 0.6 is 0 Å². The number of carbonyl (C=O) groups is 2. The highest BCUT2D eigenvalue weighted by Crippen LogP contribution is 2.25.